The van der Waals surface area contributed by atoms with Crippen LogP contribution in [0, 0.1) is 5.82 Å². The Bertz CT molecular complexity index is 341. The summed E-state index contributed by atoms with van der Waals surface area (Å²) in [5.74, 6) is -0.192. The highest BCUT2D eigenvalue weighted by atomic mass is 35.5. The van der Waals surface area contributed by atoms with E-state index in [1.807, 2.05) is 0 Å². The van der Waals surface area contributed by atoms with Gasteiger partial charge in [0.15, 0.2) is 0 Å². The molecule has 0 spiro atoms. The van der Waals surface area contributed by atoms with Gasteiger partial charge in [-0.1, -0.05) is 31.5 Å². The van der Waals surface area contributed by atoms with Gasteiger partial charge in [-0.15, -0.1) is 0 Å². The van der Waals surface area contributed by atoms with Crippen molar-refractivity contribution >= 4 is 11.6 Å². The van der Waals surface area contributed by atoms with Crippen LogP contribution in [0.2, 0.25) is 5.02 Å². The van der Waals surface area contributed by atoms with Crippen LogP contribution in [0.1, 0.15) is 38.7 Å². The van der Waals surface area contributed by atoms with Crippen LogP contribution in [0.4, 0.5) is 4.39 Å². The Kier molecular flexibility index (Phi) is 6.53. The van der Waals surface area contributed by atoms with Gasteiger partial charge in [-0.05, 0) is 49.9 Å². The average Bonchev–Trinajstić information content (AvgIpc) is 2.31. The molecule has 0 aromatic heterocycles. The standard InChI is InChI=1S/C14H21ClFN/c1-3-9-17-13(4-2)8-6-11-5-7-12(15)10-14(11)16/h5,7,10,13,17H,3-4,6,8-9H2,1-2H3. The summed E-state index contributed by atoms with van der Waals surface area (Å²) in [4.78, 5) is 0. The van der Waals surface area contributed by atoms with Crippen LogP contribution < -0.4 is 5.32 Å². The molecule has 0 bridgehead atoms. The van der Waals surface area contributed by atoms with E-state index in [1.54, 1.807) is 12.1 Å². The molecule has 0 saturated heterocycles. The second kappa shape index (κ2) is 7.67. The molecule has 1 atom stereocenters. The molecule has 0 aliphatic heterocycles. The van der Waals surface area contributed by atoms with E-state index in [0.717, 1.165) is 37.8 Å². The van der Waals surface area contributed by atoms with Gasteiger partial charge in [-0.25, -0.2) is 4.39 Å². The number of rotatable bonds is 7. The molecule has 96 valence electrons. The lowest BCUT2D eigenvalue weighted by Gasteiger charge is -2.16. The Hall–Kier alpha value is -0.600. The molecule has 0 aliphatic carbocycles. The van der Waals surface area contributed by atoms with Crippen LogP contribution in [0.25, 0.3) is 0 Å². The Labute approximate surface area is 108 Å². The maximum Gasteiger partial charge on any atom is 0.127 e. The highest BCUT2D eigenvalue weighted by Crippen LogP contribution is 2.16. The van der Waals surface area contributed by atoms with Crippen LogP contribution in [0.15, 0.2) is 18.2 Å². The van der Waals surface area contributed by atoms with Crippen LogP contribution in [-0.4, -0.2) is 12.6 Å². The van der Waals surface area contributed by atoms with Crippen molar-refractivity contribution in [1.82, 2.24) is 5.32 Å². The number of benzene rings is 1. The molecule has 1 nitrogen and oxygen atoms in total. The molecular weight excluding hydrogens is 237 g/mol. The first-order chi connectivity index (χ1) is 8.17. The van der Waals surface area contributed by atoms with Crippen molar-refractivity contribution in [3.8, 4) is 0 Å². The highest BCUT2D eigenvalue weighted by Gasteiger charge is 2.08. The van der Waals surface area contributed by atoms with Crippen molar-refractivity contribution in [1.29, 1.82) is 0 Å². The fourth-order valence-electron chi connectivity index (χ4n) is 1.85. The first-order valence-corrected chi connectivity index (χ1v) is 6.72. The maximum atomic E-state index is 13.6. The van der Waals surface area contributed by atoms with Crippen molar-refractivity contribution in [2.75, 3.05) is 6.54 Å². The third-order valence-corrected chi connectivity index (χ3v) is 3.19. The number of hydrogen-bond donors (Lipinski definition) is 1. The van der Waals surface area contributed by atoms with Gasteiger partial charge in [0.2, 0.25) is 0 Å². The molecule has 0 radical (unpaired) electrons. The Balaban J connectivity index is 2.47. The SMILES string of the molecule is CCCNC(CC)CCc1ccc(Cl)cc1F. The summed E-state index contributed by atoms with van der Waals surface area (Å²) in [6.07, 6.45) is 3.94. The summed E-state index contributed by atoms with van der Waals surface area (Å²) in [6.45, 7) is 5.34. The number of nitrogens with one attached hydrogen (secondary N) is 1. The number of halogens is 2. The molecule has 17 heavy (non-hydrogen) atoms. The van der Waals surface area contributed by atoms with Crippen LogP contribution in [-0.2, 0) is 6.42 Å². The summed E-state index contributed by atoms with van der Waals surface area (Å²) in [6, 6.07) is 5.40. The van der Waals surface area contributed by atoms with Crippen LogP contribution in [0.3, 0.4) is 0 Å². The lowest BCUT2D eigenvalue weighted by atomic mass is 10.0. The predicted molar refractivity (Wildman–Crippen MR) is 72.1 cm³/mol. The number of hydrogen-bond acceptors (Lipinski definition) is 1. The molecule has 0 heterocycles. The topological polar surface area (TPSA) is 12.0 Å². The lowest BCUT2D eigenvalue weighted by Crippen LogP contribution is -2.29. The summed E-state index contributed by atoms with van der Waals surface area (Å²) in [7, 11) is 0. The van der Waals surface area contributed by atoms with Crippen molar-refractivity contribution < 1.29 is 4.39 Å². The van der Waals surface area contributed by atoms with E-state index in [2.05, 4.69) is 19.2 Å². The lowest BCUT2D eigenvalue weighted by molar-refractivity contribution is 0.464. The highest BCUT2D eigenvalue weighted by molar-refractivity contribution is 6.30. The van der Waals surface area contributed by atoms with E-state index in [4.69, 9.17) is 11.6 Å². The molecule has 1 aromatic rings. The largest absolute Gasteiger partial charge is 0.314 e. The monoisotopic (exact) mass is 257 g/mol. The minimum atomic E-state index is -0.192. The summed E-state index contributed by atoms with van der Waals surface area (Å²) < 4.78 is 13.6. The van der Waals surface area contributed by atoms with E-state index in [9.17, 15) is 4.39 Å². The maximum absolute atomic E-state index is 13.6. The Morgan fingerprint density at radius 1 is 1.35 bits per heavy atom. The zero-order valence-electron chi connectivity index (χ0n) is 10.6. The smallest absolute Gasteiger partial charge is 0.127 e. The minimum Gasteiger partial charge on any atom is -0.314 e. The fraction of sp³-hybridized carbons (Fsp3) is 0.571. The second-order valence-corrected chi connectivity index (χ2v) is 4.77. The van der Waals surface area contributed by atoms with Crippen LogP contribution >= 0.6 is 11.6 Å². The summed E-state index contributed by atoms with van der Waals surface area (Å²) in [5.41, 5.74) is 0.756. The van der Waals surface area contributed by atoms with Gasteiger partial charge in [-0.3, -0.25) is 0 Å². The molecular formula is C14H21ClFN. The number of aryl methyl sites for hydroxylation is 1. The van der Waals surface area contributed by atoms with Gasteiger partial charge < -0.3 is 5.32 Å². The normalized spacial score (nSPS) is 12.7. The van der Waals surface area contributed by atoms with E-state index >= 15 is 0 Å². The Morgan fingerprint density at radius 3 is 2.71 bits per heavy atom. The Morgan fingerprint density at radius 2 is 2.12 bits per heavy atom. The molecule has 0 fully saturated rings. The average molecular weight is 258 g/mol. The van der Waals surface area contributed by atoms with Gasteiger partial charge in [0.05, 0.1) is 0 Å². The van der Waals surface area contributed by atoms with E-state index < -0.39 is 0 Å². The molecule has 1 N–H and O–H groups in total. The van der Waals surface area contributed by atoms with E-state index in [0.29, 0.717) is 11.1 Å². The summed E-state index contributed by atoms with van der Waals surface area (Å²) in [5, 5.41) is 3.93. The molecule has 1 aromatic carbocycles. The predicted octanol–water partition coefficient (Wildman–Crippen LogP) is 4.19. The van der Waals surface area contributed by atoms with E-state index in [-0.39, 0.29) is 5.82 Å². The molecule has 1 unspecified atom stereocenters. The van der Waals surface area contributed by atoms with Crippen LogP contribution in [0.5, 0.6) is 0 Å². The van der Waals surface area contributed by atoms with Crippen molar-refractivity contribution in [2.24, 2.45) is 0 Å². The molecule has 3 heteroatoms. The van der Waals surface area contributed by atoms with Gasteiger partial charge in [0.25, 0.3) is 0 Å². The first-order valence-electron chi connectivity index (χ1n) is 6.34. The zero-order chi connectivity index (χ0) is 12.7. The third kappa shape index (κ3) is 5.05. The minimum absolute atomic E-state index is 0.192. The zero-order valence-corrected chi connectivity index (χ0v) is 11.4. The molecule has 1 rings (SSSR count). The van der Waals surface area contributed by atoms with E-state index in [1.165, 1.54) is 6.07 Å². The van der Waals surface area contributed by atoms with Gasteiger partial charge >= 0.3 is 0 Å². The quantitative estimate of drug-likeness (QED) is 0.772. The third-order valence-electron chi connectivity index (χ3n) is 2.95. The van der Waals surface area contributed by atoms with Gasteiger partial charge in [0.1, 0.15) is 5.82 Å². The first kappa shape index (κ1) is 14.5. The summed E-state index contributed by atoms with van der Waals surface area (Å²) >= 11 is 5.72. The second-order valence-electron chi connectivity index (χ2n) is 4.33. The van der Waals surface area contributed by atoms with Gasteiger partial charge in [0, 0.05) is 11.1 Å². The van der Waals surface area contributed by atoms with Crippen molar-refractivity contribution in [3.05, 3.63) is 34.6 Å². The molecule has 0 aliphatic rings. The fourth-order valence-corrected chi connectivity index (χ4v) is 2.01. The van der Waals surface area contributed by atoms with Gasteiger partial charge in [-0.2, -0.15) is 0 Å². The van der Waals surface area contributed by atoms with Crippen molar-refractivity contribution in [2.45, 2.75) is 45.6 Å². The molecule has 0 amide bonds. The van der Waals surface area contributed by atoms with Crippen molar-refractivity contribution in [3.63, 3.8) is 0 Å². The molecule has 0 saturated carbocycles.